The number of rotatable bonds is 2. The minimum absolute atomic E-state index is 0.0875. The number of hydrogen-bond donors (Lipinski definition) is 0. The van der Waals surface area contributed by atoms with Crippen molar-refractivity contribution in [2.75, 3.05) is 0 Å². The van der Waals surface area contributed by atoms with E-state index in [1.807, 2.05) is 26.0 Å². The van der Waals surface area contributed by atoms with Crippen LogP contribution in [0.4, 0.5) is 4.39 Å². The summed E-state index contributed by atoms with van der Waals surface area (Å²) in [4.78, 5) is 0.0875. The van der Waals surface area contributed by atoms with E-state index in [0.717, 1.165) is 5.56 Å². The Bertz CT molecular complexity index is 613. The Morgan fingerprint density at radius 2 is 1.38 bits per heavy atom. The van der Waals surface area contributed by atoms with Gasteiger partial charge < -0.3 is 0 Å². The van der Waals surface area contributed by atoms with E-state index in [9.17, 15) is 4.39 Å². The first kappa shape index (κ1) is 16.2. The van der Waals surface area contributed by atoms with Crippen molar-refractivity contribution in [3.63, 3.8) is 0 Å². The summed E-state index contributed by atoms with van der Waals surface area (Å²) in [5.41, 5.74) is 5.14. The lowest BCUT2D eigenvalue weighted by molar-refractivity contribution is 0.590. The van der Waals surface area contributed by atoms with Crippen molar-refractivity contribution in [2.45, 2.75) is 44.9 Å². The molecule has 0 saturated carbocycles. The van der Waals surface area contributed by atoms with Crippen molar-refractivity contribution < 1.29 is 4.39 Å². The highest BCUT2D eigenvalue weighted by Crippen LogP contribution is 2.34. The van der Waals surface area contributed by atoms with Crippen LogP contribution < -0.4 is 0 Å². The van der Waals surface area contributed by atoms with Gasteiger partial charge in [0.25, 0.3) is 0 Å². The van der Waals surface area contributed by atoms with E-state index in [1.54, 1.807) is 0 Å². The average Bonchev–Trinajstić information content (AvgIpc) is 2.42. The maximum absolute atomic E-state index is 13.7. The molecule has 0 N–H and O–H groups in total. The average molecular weight is 349 g/mol. The smallest absolute Gasteiger partial charge is 0.129 e. The van der Waals surface area contributed by atoms with Crippen LogP contribution in [-0.4, -0.2) is 0 Å². The van der Waals surface area contributed by atoms with Gasteiger partial charge in [0, 0.05) is 0 Å². The fraction of sp³-hybridized carbons (Fsp3) is 0.368. The summed E-state index contributed by atoms with van der Waals surface area (Å²) >= 11 is 3.74. The van der Waals surface area contributed by atoms with Gasteiger partial charge in [0.05, 0.1) is 4.83 Å². The number of halogens is 2. The third-order valence-electron chi connectivity index (χ3n) is 3.82. The predicted molar refractivity (Wildman–Crippen MR) is 91.8 cm³/mol. The summed E-state index contributed by atoms with van der Waals surface area (Å²) in [7, 11) is 0. The first-order valence-corrected chi connectivity index (χ1v) is 8.13. The summed E-state index contributed by atoms with van der Waals surface area (Å²) in [6.45, 7) is 10.3. The zero-order valence-corrected chi connectivity index (χ0v) is 14.9. The quantitative estimate of drug-likeness (QED) is 0.564. The molecule has 112 valence electrons. The van der Waals surface area contributed by atoms with E-state index in [4.69, 9.17) is 0 Å². The van der Waals surface area contributed by atoms with Gasteiger partial charge in [0.15, 0.2) is 0 Å². The second kappa shape index (κ2) is 5.92. The van der Waals surface area contributed by atoms with Crippen LogP contribution in [-0.2, 0) is 5.41 Å². The van der Waals surface area contributed by atoms with Crippen molar-refractivity contribution in [1.82, 2.24) is 0 Å². The van der Waals surface area contributed by atoms with Crippen molar-refractivity contribution in [3.8, 4) is 0 Å². The molecule has 0 radical (unpaired) electrons. The fourth-order valence-electron chi connectivity index (χ4n) is 2.47. The molecule has 0 aliphatic rings. The van der Waals surface area contributed by atoms with Gasteiger partial charge in [-0.15, -0.1) is 0 Å². The van der Waals surface area contributed by atoms with Gasteiger partial charge in [-0.25, -0.2) is 4.39 Å². The topological polar surface area (TPSA) is 0 Å². The molecule has 2 rings (SSSR count). The minimum atomic E-state index is -0.110. The number of aryl methyl sites for hydroxylation is 2. The molecule has 0 nitrogen and oxygen atoms in total. The van der Waals surface area contributed by atoms with Crippen molar-refractivity contribution in [1.29, 1.82) is 0 Å². The maximum Gasteiger partial charge on any atom is 0.129 e. The van der Waals surface area contributed by atoms with E-state index in [-0.39, 0.29) is 16.1 Å². The monoisotopic (exact) mass is 348 g/mol. The molecule has 0 amide bonds. The standard InChI is InChI=1S/C19H22BrF/c1-12-10-15(11-13(2)18(12)21)17(20)14-6-8-16(9-7-14)19(3,4)5/h6-11,17H,1-5H3. The van der Waals surface area contributed by atoms with Gasteiger partial charge in [-0.2, -0.15) is 0 Å². The predicted octanol–water partition coefficient (Wildman–Crippen LogP) is 6.22. The SMILES string of the molecule is Cc1cc(C(Br)c2ccc(C(C)(C)C)cc2)cc(C)c1F. The molecule has 21 heavy (non-hydrogen) atoms. The molecule has 2 aromatic carbocycles. The highest BCUT2D eigenvalue weighted by molar-refractivity contribution is 9.09. The zero-order valence-electron chi connectivity index (χ0n) is 13.3. The first-order valence-electron chi connectivity index (χ1n) is 7.21. The van der Waals surface area contributed by atoms with Crippen LogP contribution in [0.5, 0.6) is 0 Å². The van der Waals surface area contributed by atoms with E-state index < -0.39 is 0 Å². The molecule has 0 heterocycles. The van der Waals surface area contributed by atoms with E-state index in [1.165, 1.54) is 11.1 Å². The molecule has 0 spiro atoms. The van der Waals surface area contributed by atoms with E-state index in [2.05, 4.69) is 61.0 Å². The number of benzene rings is 2. The van der Waals surface area contributed by atoms with Crippen LogP contribution in [0.3, 0.4) is 0 Å². The molecule has 0 fully saturated rings. The molecule has 2 aromatic rings. The highest BCUT2D eigenvalue weighted by atomic mass is 79.9. The lowest BCUT2D eigenvalue weighted by Gasteiger charge is -2.20. The highest BCUT2D eigenvalue weighted by Gasteiger charge is 2.16. The lowest BCUT2D eigenvalue weighted by atomic mass is 9.86. The van der Waals surface area contributed by atoms with E-state index >= 15 is 0 Å². The van der Waals surface area contributed by atoms with Gasteiger partial charge in [-0.1, -0.05) is 73.1 Å². The van der Waals surface area contributed by atoms with Gasteiger partial charge in [-0.05, 0) is 47.1 Å². The molecule has 0 aromatic heterocycles. The summed E-state index contributed by atoms with van der Waals surface area (Å²) in [5, 5.41) is 0. The third-order valence-corrected chi connectivity index (χ3v) is 4.88. The molecule has 0 aliphatic carbocycles. The molecule has 1 atom stereocenters. The Kier molecular flexibility index (Phi) is 4.57. The Balaban J connectivity index is 2.34. The summed E-state index contributed by atoms with van der Waals surface area (Å²) in [6, 6.07) is 12.5. The van der Waals surface area contributed by atoms with Gasteiger partial charge >= 0.3 is 0 Å². The molecule has 2 heteroatoms. The number of hydrogen-bond acceptors (Lipinski definition) is 0. The Morgan fingerprint density at radius 1 is 0.905 bits per heavy atom. The Labute approximate surface area is 135 Å². The Morgan fingerprint density at radius 3 is 1.81 bits per heavy atom. The minimum Gasteiger partial charge on any atom is -0.206 e. The summed E-state index contributed by atoms with van der Waals surface area (Å²) in [5.74, 6) is -0.110. The van der Waals surface area contributed by atoms with Gasteiger partial charge in [-0.3, -0.25) is 0 Å². The molecule has 0 bridgehead atoms. The first-order chi connectivity index (χ1) is 9.70. The van der Waals surface area contributed by atoms with E-state index in [0.29, 0.717) is 11.1 Å². The Hall–Kier alpha value is -1.15. The van der Waals surface area contributed by atoms with Crippen molar-refractivity contribution in [3.05, 3.63) is 70.0 Å². The third kappa shape index (κ3) is 3.55. The number of alkyl halides is 1. The second-order valence-corrected chi connectivity index (χ2v) is 7.62. The van der Waals surface area contributed by atoms with Crippen LogP contribution >= 0.6 is 15.9 Å². The van der Waals surface area contributed by atoms with Crippen molar-refractivity contribution >= 4 is 15.9 Å². The van der Waals surface area contributed by atoms with Crippen LogP contribution in [0.25, 0.3) is 0 Å². The largest absolute Gasteiger partial charge is 0.206 e. The fourth-order valence-corrected chi connectivity index (χ4v) is 3.04. The molecule has 1 unspecified atom stereocenters. The van der Waals surface area contributed by atoms with Crippen LogP contribution in [0, 0.1) is 19.7 Å². The molecular formula is C19H22BrF. The van der Waals surface area contributed by atoms with Crippen LogP contribution in [0.15, 0.2) is 36.4 Å². The molecular weight excluding hydrogens is 327 g/mol. The van der Waals surface area contributed by atoms with Crippen molar-refractivity contribution in [2.24, 2.45) is 0 Å². The van der Waals surface area contributed by atoms with Gasteiger partial charge in [0.2, 0.25) is 0 Å². The lowest BCUT2D eigenvalue weighted by Crippen LogP contribution is -2.10. The molecule has 0 saturated heterocycles. The zero-order chi connectivity index (χ0) is 15.8. The maximum atomic E-state index is 13.7. The summed E-state index contributed by atoms with van der Waals surface area (Å²) in [6.07, 6.45) is 0. The van der Waals surface area contributed by atoms with Crippen LogP contribution in [0.1, 0.15) is 53.4 Å². The second-order valence-electron chi connectivity index (χ2n) is 6.70. The van der Waals surface area contributed by atoms with Gasteiger partial charge in [0.1, 0.15) is 5.82 Å². The molecule has 0 aliphatic heterocycles. The van der Waals surface area contributed by atoms with Crippen LogP contribution in [0.2, 0.25) is 0 Å². The normalized spacial score (nSPS) is 13.3. The summed E-state index contributed by atoms with van der Waals surface area (Å²) < 4.78 is 13.7.